The molecule has 1 saturated carbocycles. The van der Waals surface area contributed by atoms with Crippen molar-refractivity contribution in [1.29, 1.82) is 0 Å². The molecule has 19 heavy (non-hydrogen) atoms. The maximum atomic E-state index is 11.6. The molecule has 2 nitrogen and oxygen atoms in total. The molecule has 1 aliphatic carbocycles. The summed E-state index contributed by atoms with van der Waals surface area (Å²) in [5, 5.41) is 2.40. The van der Waals surface area contributed by atoms with Gasteiger partial charge in [-0.2, -0.15) is 0 Å². The molecule has 0 aliphatic heterocycles. The Bertz CT molecular complexity index is 616. The summed E-state index contributed by atoms with van der Waals surface area (Å²) in [5.74, 6) is 1.70. The number of hydrogen-bond donors (Lipinski definition) is 0. The van der Waals surface area contributed by atoms with E-state index in [-0.39, 0.29) is 0 Å². The minimum absolute atomic E-state index is 0.408. The molecule has 0 spiro atoms. The Balaban J connectivity index is 1.95. The van der Waals surface area contributed by atoms with Crippen molar-refractivity contribution in [2.45, 2.75) is 31.6 Å². The summed E-state index contributed by atoms with van der Waals surface area (Å²) in [6.45, 7) is 0. The molecule has 0 amide bonds. The second kappa shape index (κ2) is 5.04. The molecule has 0 N–H and O–H groups in total. The van der Waals surface area contributed by atoms with Crippen LogP contribution in [0.1, 0.15) is 37.2 Å². The predicted molar refractivity (Wildman–Crippen MR) is 76.7 cm³/mol. The lowest BCUT2D eigenvalue weighted by Crippen LogP contribution is -2.13. The van der Waals surface area contributed by atoms with E-state index in [1.165, 1.54) is 16.3 Å². The highest BCUT2D eigenvalue weighted by atomic mass is 16.5. The average molecular weight is 254 g/mol. The number of ketones is 1. The summed E-state index contributed by atoms with van der Waals surface area (Å²) in [6.07, 6.45) is 3.64. The molecular formula is C17H18O2. The van der Waals surface area contributed by atoms with Crippen LogP contribution in [0, 0.1) is 0 Å². The minimum atomic E-state index is 0.408. The fourth-order valence-corrected chi connectivity index (χ4v) is 2.93. The minimum Gasteiger partial charge on any atom is -0.497 e. The number of Topliss-reactive ketones (excluding diaryl/α,β-unsaturated/α-hetero) is 1. The van der Waals surface area contributed by atoms with E-state index in [2.05, 4.69) is 24.3 Å². The van der Waals surface area contributed by atoms with Crippen molar-refractivity contribution in [2.75, 3.05) is 7.11 Å². The van der Waals surface area contributed by atoms with Gasteiger partial charge in [0.05, 0.1) is 7.11 Å². The van der Waals surface area contributed by atoms with E-state index in [4.69, 9.17) is 4.74 Å². The number of carbonyl (C=O) groups excluding carboxylic acids is 1. The first-order valence-corrected chi connectivity index (χ1v) is 6.85. The Morgan fingerprint density at radius 3 is 2.68 bits per heavy atom. The van der Waals surface area contributed by atoms with E-state index in [9.17, 15) is 4.79 Å². The number of methoxy groups -OCH3 is 1. The molecule has 0 unspecified atom stereocenters. The third-order valence-electron chi connectivity index (χ3n) is 4.03. The van der Waals surface area contributed by atoms with Crippen LogP contribution < -0.4 is 4.74 Å². The Morgan fingerprint density at radius 1 is 1.11 bits per heavy atom. The number of rotatable bonds is 2. The van der Waals surface area contributed by atoms with Crippen LogP contribution in [0.15, 0.2) is 36.4 Å². The topological polar surface area (TPSA) is 26.3 Å². The van der Waals surface area contributed by atoms with Crippen molar-refractivity contribution in [1.82, 2.24) is 0 Å². The molecule has 98 valence electrons. The van der Waals surface area contributed by atoms with Gasteiger partial charge in [0, 0.05) is 12.8 Å². The van der Waals surface area contributed by atoms with Crippen LogP contribution in [0.3, 0.4) is 0 Å². The summed E-state index contributed by atoms with van der Waals surface area (Å²) in [6, 6.07) is 12.6. The van der Waals surface area contributed by atoms with Gasteiger partial charge in [-0.25, -0.2) is 0 Å². The van der Waals surface area contributed by atoms with Gasteiger partial charge in [-0.3, -0.25) is 4.79 Å². The van der Waals surface area contributed by atoms with Crippen LogP contribution in [0.25, 0.3) is 10.8 Å². The van der Waals surface area contributed by atoms with Crippen molar-refractivity contribution < 1.29 is 9.53 Å². The summed E-state index contributed by atoms with van der Waals surface area (Å²) >= 11 is 0. The zero-order valence-corrected chi connectivity index (χ0v) is 11.2. The maximum Gasteiger partial charge on any atom is 0.133 e. The number of fused-ring (bicyclic) bond motifs is 1. The van der Waals surface area contributed by atoms with Crippen molar-refractivity contribution in [3.8, 4) is 5.75 Å². The molecule has 0 radical (unpaired) electrons. The summed E-state index contributed by atoms with van der Waals surface area (Å²) in [4.78, 5) is 11.6. The molecule has 1 fully saturated rings. The highest BCUT2D eigenvalue weighted by Gasteiger charge is 2.20. The summed E-state index contributed by atoms with van der Waals surface area (Å²) in [7, 11) is 1.68. The highest BCUT2D eigenvalue weighted by Crippen LogP contribution is 2.33. The zero-order valence-electron chi connectivity index (χ0n) is 11.2. The Kier molecular flexibility index (Phi) is 3.24. The van der Waals surface area contributed by atoms with Gasteiger partial charge >= 0.3 is 0 Å². The van der Waals surface area contributed by atoms with Crippen LogP contribution in [0.2, 0.25) is 0 Å². The van der Waals surface area contributed by atoms with Gasteiger partial charge in [-0.1, -0.05) is 24.3 Å². The Labute approximate surface area is 113 Å². The predicted octanol–water partition coefficient (Wildman–Crippen LogP) is 4.08. The van der Waals surface area contributed by atoms with Gasteiger partial charge in [0.15, 0.2) is 0 Å². The molecule has 2 aromatic rings. The summed E-state index contributed by atoms with van der Waals surface area (Å²) in [5.41, 5.74) is 1.30. The largest absolute Gasteiger partial charge is 0.497 e. The van der Waals surface area contributed by atoms with Crippen LogP contribution in [-0.2, 0) is 4.79 Å². The standard InChI is InChI=1S/C17H18O2/c1-19-17-8-7-14-9-13(5-6-15(14)11-17)12-3-2-4-16(18)10-12/h5-9,11-12H,2-4,10H2,1H3/t12-/m0/s1. The third kappa shape index (κ3) is 2.48. The van der Waals surface area contributed by atoms with E-state index in [0.717, 1.165) is 25.0 Å². The number of hydrogen-bond acceptors (Lipinski definition) is 2. The molecule has 0 saturated heterocycles. The smallest absolute Gasteiger partial charge is 0.133 e. The lowest BCUT2D eigenvalue weighted by atomic mass is 9.83. The van der Waals surface area contributed by atoms with Crippen molar-refractivity contribution >= 4 is 16.6 Å². The number of ether oxygens (including phenoxy) is 1. The molecule has 1 atom stereocenters. The normalized spacial score (nSPS) is 19.6. The Hall–Kier alpha value is -1.83. The number of benzene rings is 2. The van der Waals surface area contributed by atoms with Gasteiger partial charge < -0.3 is 4.74 Å². The molecule has 2 heteroatoms. The number of carbonyl (C=O) groups is 1. The van der Waals surface area contributed by atoms with E-state index in [1.807, 2.05) is 12.1 Å². The first-order chi connectivity index (χ1) is 9.26. The average Bonchev–Trinajstić information content (AvgIpc) is 2.46. The van der Waals surface area contributed by atoms with Crippen LogP contribution in [0.4, 0.5) is 0 Å². The van der Waals surface area contributed by atoms with Gasteiger partial charge in [-0.15, -0.1) is 0 Å². The quantitative estimate of drug-likeness (QED) is 0.807. The van der Waals surface area contributed by atoms with Gasteiger partial charge in [0.25, 0.3) is 0 Å². The SMILES string of the molecule is COc1ccc2cc([C@H]3CCCC(=O)C3)ccc2c1. The first kappa shape index (κ1) is 12.2. The fraction of sp³-hybridized carbons (Fsp3) is 0.353. The van der Waals surface area contributed by atoms with Crippen molar-refractivity contribution in [3.63, 3.8) is 0 Å². The fourth-order valence-electron chi connectivity index (χ4n) is 2.93. The second-order valence-electron chi connectivity index (χ2n) is 5.30. The summed E-state index contributed by atoms with van der Waals surface area (Å²) < 4.78 is 5.24. The maximum absolute atomic E-state index is 11.6. The van der Waals surface area contributed by atoms with E-state index < -0.39 is 0 Å². The highest BCUT2D eigenvalue weighted by molar-refractivity contribution is 5.85. The molecule has 0 heterocycles. The van der Waals surface area contributed by atoms with E-state index in [1.54, 1.807) is 7.11 Å². The lowest BCUT2D eigenvalue weighted by molar-refractivity contribution is -0.120. The molecule has 0 aromatic heterocycles. The van der Waals surface area contributed by atoms with Crippen molar-refractivity contribution in [3.05, 3.63) is 42.0 Å². The van der Waals surface area contributed by atoms with Gasteiger partial charge in [0.1, 0.15) is 11.5 Å². The molecule has 0 bridgehead atoms. The molecule has 1 aliphatic rings. The van der Waals surface area contributed by atoms with E-state index >= 15 is 0 Å². The zero-order chi connectivity index (χ0) is 13.2. The van der Waals surface area contributed by atoms with Gasteiger partial charge in [-0.05, 0) is 47.2 Å². The first-order valence-electron chi connectivity index (χ1n) is 6.85. The van der Waals surface area contributed by atoms with Crippen molar-refractivity contribution in [2.24, 2.45) is 0 Å². The van der Waals surface area contributed by atoms with Crippen LogP contribution in [-0.4, -0.2) is 12.9 Å². The molecule has 2 aromatic carbocycles. The monoisotopic (exact) mass is 254 g/mol. The van der Waals surface area contributed by atoms with Gasteiger partial charge in [0.2, 0.25) is 0 Å². The molecule has 3 rings (SSSR count). The lowest BCUT2D eigenvalue weighted by Gasteiger charge is -2.21. The Morgan fingerprint density at radius 2 is 1.89 bits per heavy atom. The van der Waals surface area contributed by atoms with E-state index in [0.29, 0.717) is 18.1 Å². The second-order valence-corrected chi connectivity index (χ2v) is 5.30. The third-order valence-corrected chi connectivity index (χ3v) is 4.03. The van der Waals surface area contributed by atoms with Crippen LogP contribution in [0.5, 0.6) is 5.75 Å². The van der Waals surface area contributed by atoms with Crippen LogP contribution >= 0.6 is 0 Å². The molecular weight excluding hydrogens is 236 g/mol.